The zero-order chi connectivity index (χ0) is 19.1. The lowest BCUT2D eigenvalue weighted by atomic mass is 10.2. The molecule has 140 valence electrons. The highest BCUT2D eigenvalue weighted by molar-refractivity contribution is 7.98. The van der Waals surface area contributed by atoms with Crippen molar-refractivity contribution >= 4 is 29.4 Å². The Labute approximate surface area is 156 Å². The van der Waals surface area contributed by atoms with Crippen LogP contribution >= 0.6 is 11.8 Å². The van der Waals surface area contributed by atoms with E-state index in [9.17, 15) is 14.9 Å². The zero-order valence-corrected chi connectivity index (χ0v) is 16.0. The van der Waals surface area contributed by atoms with Crippen LogP contribution in [0.4, 0.5) is 11.4 Å². The number of nitro groups is 1. The second kappa shape index (κ2) is 9.33. The summed E-state index contributed by atoms with van der Waals surface area (Å²) in [4.78, 5) is 21.5. The molecule has 0 saturated carbocycles. The van der Waals surface area contributed by atoms with Gasteiger partial charge in [0, 0.05) is 31.1 Å². The molecule has 1 aromatic heterocycles. The van der Waals surface area contributed by atoms with Crippen molar-refractivity contribution in [1.29, 1.82) is 0 Å². The van der Waals surface area contributed by atoms with Crippen LogP contribution in [0.25, 0.3) is 0 Å². The molecule has 2 rings (SSSR count). The second-order valence-corrected chi connectivity index (χ2v) is 7.06. The van der Waals surface area contributed by atoms with E-state index in [2.05, 4.69) is 33.9 Å². The predicted octanol–water partition coefficient (Wildman–Crippen LogP) is 3.42. The predicted molar refractivity (Wildman–Crippen MR) is 102 cm³/mol. The van der Waals surface area contributed by atoms with Gasteiger partial charge in [-0.3, -0.25) is 14.9 Å². The number of aromatic nitrogens is 3. The van der Waals surface area contributed by atoms with Crippen molar-refractivity contribution in [2.24, 2.45) is 5.92 Å². The number of nitro benzene ring substituents is 1. The van der Waals surface area contributed by atoms with Crippen LogP contribution in [-0.2, 0) is 13.0 Å². The summed E-state index contributed by atoms with van der Waals surface area (Å²) in [5, 5.41) is 23.6. The van der Waals surface area contributed by atoms with Gasteiger partial charge in [0.15, 0.2) is 5.16 Å². The van der Waals surface area contributed by atoms with Crippen molar-refractivity contribution < 1.29 is 9.72 Å². The number of aryl methyl sites for hydroxylation is 1. The van der Waals surface area contributed by atoms with E-state index >= 15 is 0 Å². The van der Waals surface area contributed by atoms with Crippen LogP contribution < -0.4 is 5.32 Å². The summed E-state index contributed by atoms with van der Waals surface area (Å²) in [7, 11) is 0. The van der Waals surface area contributed by atoms with Gasteiger partial charge in [-0.1, -0.05) is 25.6 Å². The van der Waals surface area contributed by atoms with Gasteiger partial charge in [0.25, 0.3) is 5.69 Å². The van der Waals surface area contributed by atoms with Crippen LogP contribution in [0, 0.1) is 16.0 Å². The maximum Gasteiger partial charge on any atom is 0.293 e. The standard InChI is InChI=1S/C17H23N5O3S/c1-12(2)10-21-16(19-20-17(21)26-3)5-4-8-18-14-7-6-13(11-23)9-15(14)22(24)25/h6-7,9,11-12,18H,4-5,8,10H2,1-3H3. The molecular weight excluding hydrogens is 354 g/mol. The van der Waals surface area contributed by atoms with E-state index in [0.717, 1.165) is 30.4 Å². The Morgan fingerprint density at radius 2 is 2.15 bits per heavy atom. The fraction of sp³-hybridized carbons (Fsp3) is 0.471. The molecule has 1 heterocycles. The zero-order valence-electron chi connectivity index (χ0n) is 15.1. The van der Waals surface area contributed by atoms with Gasteiger partial charge < -0.3 is 9.88 Å². The number of hydrogen-bond acceptors (Lipinski definition) is 7. The van der Waals surface area contributed by atoms with Crippen LogP contribution in [0.15, 0.2) is 23.4 Å². The van der Waals surface area contributed by atoms with Gasteiger partial charge in [0.1, 0.15) is 17.8 Å². The largest absolute Gasteiger partial charge is 0.379 e. The van der Waals surface area contributed by atoms with Crippen molar-refractivity contribution in [2.45, 2.75) is 38.4 Å². The number of carbonyl (C=O) groups excluding carboxylic acids is 1. The molecule has 8 nitrogen and oxygen atoms in total. The summed E-state index contributed by atoms with van der Waals surface area (Å²) in [6.45, 7) is 5.73. The van der Waals surface area contributed by atoms with Crippen molar-refractivity contribution in [1.82, 2.24) is 14.8 Å². The fourth-order valence-corrected chi connectivity index (χ4v) is 3.12. The number of benzene rings is 1. The topological polar surface area (TPSA) is 103 Å². The number of nitrogens with zero attached hydrogens (tertiary/aromatic N) is 4. The minimum absolute atomic E-state index is 0.0951. The summed E-state index contributed by atoms with van der Waals surface area (Å²) in [6, 6.07) is 4.40. The quantitative estimate of drug-likeness (QED) is 0.222. The number of rotatable bonds is 10. The average molecular weight is 377 g/mol. The van der Waals surface area contributed by atoms with E-state index in [-0.39, 0.29) is 11.3 Å². The molecule has 1 aromatic carbocycles. The molecule has 0 unspecified atom stereocenters. The molecule has 0 radical (unpaired) electrons. The normalized spacial score (nSPS) is 10.9. The number of aldehydes is 1. The highest BCUT2D eigenvalue weighted by Gasteiger charge is 2.15. The average Bonchev–Trinajstić information content (AvgIpc) is 2.99. The summed E-state index contributed by atoms with van der Waals surface area (Å²) in [5.41, 5.74) is 0.602. The monoisotopic (exact) mass is 377 g/mol. The Morgan fingerprint density at radius 1 is 1.38 bits per heavy atom. The number of carbonyl (C=O) groups is 1. The number of hydrogen-bond donors (Lipinski definition) is 1. The van der Waals surface area contributed by atoms with Crippen molar-refractivity contribution in [3.05, 3.63) is 39.7 Å². The van der Waals surface area contributed by atoms with Gasteiger partial charge in [-0.25, -0.2) is 0 Å². The molecule has 0 aliphatic carbocycles. The first kappa shape index (κ1) is 19.9. The Morgan fingerprint density at radius 3 is 2.77 bits per heavy atom. The van der Waals surface area contributed by atoms with Gasteiger partial charge >= 0.3 is 0 Å². The smallest absolute Gasteiger partial charge is 0.293 e. The summed E-state index contributed by atoms with van der Waals surface area (Å²) in [6.07, 6.45) is 4.07. The Kier molecular flexibility index (Phi) is 7.14. The van der Waals surface area contributed by atoms with Crippen LogP contribution in [0.1, 0.15) is 36.5 Å². The first-order valence-corrected chi connectivity index (χ1v) is 9.62. The summed E-state index contributed by atoms with van der Waals surface area (Å²) >= 11 is 1.57. The molecule has 2 aromatic rings. The molecule has 0 amide bonds. The van der Waals surface area contributed by atoms with Crippen molar-refractivity contribution in [2.75, 3.05) is 18.1 Å². The molecule has 0 saturated heterocycles. The van der Waals surface area contributed by atoms with E-state index in [4.69, 9.17) is 0 Å². The van der Waals surface area contributed by atoms with E-state index in [1.54, 1.807) is 23.9 Å². The minimum atomic E-state index is -0.487. The van der Waals surface area contributed by atoms with E-state index in [0.29, 0.717) is 24.4 Å². The number of anilines is 1. The maximum absolute atomic E-state index is 11.2. The first-order chi connectivity index (χ1) is 12.5. The number of thioether (sulfide) groups is 1. The lowest BCUT2D eigenvalue weighted by Gasteiger charge is -2.12. The van der Waals surface area contributed by atoms with E-state index in [1.165, 1.54) is 6.07 Å². The van der Waals surface area contributed by atoms with Gasteiger partial charge in [0.2, 0.25) is 0 Å². The fourth-order valence-electron chi connectivity index (χ4n) is 2.60. The minimum Gasteiger partial charge on any atom is -0.379 e. The SMILES string of the molecule is CSc1nnc(CCCNc2ccc(C=O)cc2[N+](=O)[O-])n1CC(C)C. The highest BCUT2D eigenvalue weighted by Crippen LogP contribution is 2.25. The third kappa shape index (κ3) is 5.04. The maximum atomic E-state index is 11.2. The Hall–Kier alpha value is -2.42. The van der Waals surface area contributed by atoms with Crippen molar-refractivity contribution in [3.8, 4) is 0 Å². The van der Waals surface area contributed by atoms with Crippen LogP contribution in [-0.4, -0.2) is 38.8 Å². The first-order valence-electron chi connectivity index (χ1n) is 8.39. The molecule has 0 atom stereocenters. The van der Waals surface area contributed by atoms with Gasteiger partial charge in [-0.2, -0.15) is 0 Å². The number of nitrogens with one attached hydrogen (secondary N) is 1. The van der Waals surface area contributed by atoms with Crippen molar-refractivity contribution in [3.63, 3.8) is 0 Å². The lowest BCUT2D eigenvalue weighted by Crippen LogP contribution is -2.12. The molecule has 0 spiro atoms. The van der Waals surface area contributed by atoms with Crippen LogP contribution in [0.2, 0.25) is 0 Å². The summed E-state index contributed by atoms with van der Waals surface area (Å²) in [5.74, 6) is 1.42. The Bertz CT molecular complexity index is 776. The molecule has 0 aliphatic heterocycles. The Balaban J connectivity index is 1.98. The highest BCUT2D eigenvalue weighted by atomic mass is 32.2. The van der Waals surface area contributed by atoms with Crippen LogP contribution in [0.5, 0.6) is 0 Å². The van der Waals surface area contributed by atoms with E-state index in [1.807, 2.05) is 6.26 Å². The molecule has 26 heavy (non-hydrogen) atoms. The third-order valence-corrected chi connectivity index (χ3v) is 4.44. The van der Waals surface area contributed by atoms with Gasteiger partial charge in [-0.15, -0.1) is 10.2 Å². The molecular formula is C17H23N5O3S. The molecule has 0 fully saturated rings. The third-order valence-electron chi connectivity index (χ3n) is 3.77. The molecule has 0 aliphatic rings. The van der Waals surface area contributed by atoms with Gasteiger partial charge in [0.05, 0.1) is 4.92 Å². The molecule has 1 N–H and O–H groups in total. The van der Waals surface area contributed by atoms with E-state index < -0.39 is 4.92 Å². The second-order valence-electron chi connectivity index (χ2n) is 6.29. The van der Waals surface area contributed by atoms with Crippen LogP contribution in [0.3, 0.4) is 0 Å². The van der Waals surface area contributed by atoms with Gasteiger partial charge in [-0.05, 0) is 30.7 Å². The molecule has 9 heteroatoms. The summed E-state index contributed by atoms with van der Waals surface area (Å²) < 4.78 is 2.14. The lowest BCUT2D eigenvalue weighted by molar-refractivity contribution is -0.384. The molecule has 0 bridgehead atoms.